The summed E-state index contributed by atoms with van der Waals surface area (Å²) in [5, 5.41) is 2.63. The number of halogens is 1. The highest BCUT2D eigenvalue weighted by Crippen LogP contribution is 2.40. The van der Waals surface area contributed by atoms with Gasteiger partial charge in [0, 0.05) is 41.3 Å². The zero-order valence-electron chi connectivity index (χ0n) is 20.3. The quantitative estimate of drug-likeness (QED) is 0.211. The number of aromatic nitrogens is 2. The van der Waals surface area contributed by atoms with Crippen LogP contribution < -0.4 is 0 Å². The maximum absolute atomic E-state index is 4.99. The Bertz CT molecular complexity index is 1920. The van der Waals surface area contributed by atoms with Crippen LogP contribution in [0.3, 0.4) is 0 Å². The highest BCUT2D eigenvalue weighted by molar-refractivity contribution is 9.10. The average Bonchev–Trinajstić information content (AvgIpc) is 3.36. The Hall–Kier alpha value is -4.12. The first-order valence-corrected chi connectivity index (χ1v) is 14.1. The van der Waals surface area contributed by atoms with Crippen molar-refractivity contribution in [3.05, 3.63) is 132 Å². The highest BCUT2D eigenvalue weighted by atomic mass is 79.9. The molecule has 0 spiro atoms. The first-order chi connectivity index (χ1) is 18.7. The third-order valence-corrected chi connectivity index (χ3v) is 8.49. The molecule has 0 atom stereocenters. The lowest BCUT2D eigenvalue weighted by Crippen LogP contribution is -1.96. The lowest BCUT2D eigenvalue weighted by Gasteiger charge is -2.10. The Morgan fingerprint density at radius 1 is 0.500 bits per heavy atom. The minimum Gasteiger partial charge on any atom is -0.228 e. The fraction of sp³-hybridized carbons (Fsp3) is 0. The van der Waals surface area contributed by atoms with Gasteiger partial charge in [0.05, 0.1) is 11.4 Å². The molecule has 2 heterocycles. The summed E-state index contributed by atoms with van der Waals surface area (Å²) in [6, 6.07) is 44.5. The third-order valence-electron chi connectivity index (χ3n) is 6.77. The van der Waals surface area contributed by atoms with Crippen LogP contribution in [0.2, 0.25) is 0 Å². The predicted molar refractivity (Wildman–Crippen MR) is 164 cm³/mol. The van der Waals surface area contributed by atoms with Gasteiger partial charge in [-0.25, -0.2) is 9.97 Å². The van der Waals surface area contributed by atoms with Gasteiger partial charge in [-0.3, -0.25) is 0 Å². The molecule has 0 saturated heterocycles. The monoisotopic (exact) mass is 568 g/mol. The van der Waals surface area contributed by atoms with Gasteiger partial charge < -0.3 is 0 Å². The molecular weight excluding hydrogens is 548 g/mol. The fourth-order valence-corrected chi connectivity index (χ4v) is 6.54. The molecule has 0 amide bonds. The van der Waals surface area contributed by atoms with Crippen LogP contribution in [0.1, 0.15) is 0 Å². The van der Waals surface area contributed by atoms with E-state index in [0.29, 0.717) is 5.82 Å². The van der Waals surface area contributed by atoms with Gasteiger partial charge in [0.1, 0.15) is 0 Å². The van der Waals surface area contributed by atoms with Gasteiger partial charge in [0.25, 0.3) is 0 Å². The normalized spacial score (nSPS) is 11.3. The van der Waals surface area contributed by atoms with E-state index in [1.165, 1.54) is 31.3 Å². The fourth-order valence-electron chi connectivity index (χ4n) is 4.90. The molecule has 4 heteroatoms. The van der Waals surface area contributed by atoms with Gasteiger partial charge in [-0.05, 0) is 35.4 Å². The molecule has 5 aromatic carbocycles. The van der Waals surface area contributed by atoms with Crippen molar-refractivity contribution < 1.29 is 0 Å². The van der Waals surface area contributed by atoms with Crippen LogP contribution in [0.15, 0.2) is 132 Å². The highest BCUT2D eigenvalue weighted by Gasteiger charge is 2.13. The molecule has 0 aliphatic carbocycles. The van der Waals surface area contributed by atoms with Crippen molar-refractivity contribution in [2.75, 3.05) is 0 Å². The van der Waals surface area contributed by atoms with E-state index >= 15 is 0 Å². The lowest BCUT2D eigenvalue weighted by atomic mass is 10.00. The SMILES string of the molecule is Brc1cccc(-c2nc(-c3ccccc3)cc(-c3ccc(-c4cccc5c4sc4ccccc45)cc3)n2)c1. The van der Waals surface area contributed by atoms with Crippen LogP contribution in [0.25, 0.3) is 65.2 Å². The zero-order chi connectivity index (χ0) is 25.5. The maximum Gasteiger partial charge on any atom is 0.160 e. The molecular formula is C34H21BrN2S. The summed E-state index contributed by atoms with van der Waals surface area (Å²) in [6.07, 6.45) is 0. The summed E-state index contributed by atoms with van der Waals surface area (Å²) >= 11 is 5.45. The van der Waals surface area contributed by atoms with Crippen molar-refractivity contribution in [1.82, 2.24) is 9.97 Å². The number of rotatable bonds is 4. The van der Waals surface area contributed by atoms with Crippen LogP contribution >= 0.6 is 27.3 Å². The molecule has 2 nitrogen and oxygen atoms in total. The van der Waals surface area contributed by atoms with Crippen molar-refractivity contribution in [2.24, 2.45) is 0 Å². The molecule has 0 aliphatic heterocycles. The largest absolute Gasteiger partial charge is 0.228 e. The maximum atomic E-state index is 4.99. The molecule has 0 unspecified atom stereocenters. The summed E-state index contributed by atoms with van der Waals surface area (Å²) in [7, 11) is 0. The number of thiophene rings is 1. The summed E-state index contributed by atoms with van der Waals surface area (Å²) in [4.78, 5) is 9.92. The van der Waals surface area contributed by atoms with E-state index in [4.69, 9.17) is 9.97 Å². The van der Waals surface area contributed by atoms with Gasteiger partial charge in [-0.1, -0.05) is 119 Å². The van der Waals surface area contributed by atoms with Crippen molar-refractivity contribution in [1.29, 1.82) is 0 Å². The zero-order valence-corrected chi connectivity index (χ0v) is 22.7. The van der Waals surface area contributed by atoms with Gasteiger partial charge in [-0.2, -0.15) is 0 Å². The number of hydrogen-bond donors (Lipinski definition) is 0. The van der Waals surface area contributed by atoms with E-state index in [1.807, 2.05) is 47.7 Å². The van der Waals surface area contributed by atoms with Crippen LogP contribution in [-0.2, 0) is 0 Å². The van der Waals surface area contributed by atoms with Crippen molar-refractivity contribution in [2.45, 2.75) is 0 Å². The Labute approximate surface area is 233 Å². The smallest absolute Gasteiger partial charge is 0.160 e. The molecule has 180 valence electrons. The minimum absolute atomic E-state index is 0.710. The molecule has 0 aliphatic rings. The van der Waals surface area contributed by atoms with Crippen LogP contribution in [0.5, 0.6) is 0 Å². The second kappa shape index (κ2) is 9.64. The number of nitrogens with zero attached hydrogens (tertiary/aromatic N) is 2. The molecule has 2 aromatic heterocycles. The Morgan fingerprint density at radius 3 is 1.92 bits per heavy atom. The van der Waals surface area contributed by atoms with E-state index in [0.717, 1.165) is 32.6 Å². The first-order valence-electron chi connectivity index (χ1n) is 12.4. The summed E-state index contributed by atoms with van der Waals surface area (Å²) < 4.78 is 3.65. The van der Waals surface area contributed by atoms with Crippen molar-refractivity contribution in [3.8, 4) is 45.0 Å². The topological polar surface area (TPSA) is 25.8 Å². The standard InChI is InChI=1S/C34H21BrN2S/c35-26-11-6-10-25(20-26)34-36-30(23-8-2-1-3-9-23)21-31(37-34)24-18-16-22(17-19-24)27-13-7-14-29-28-12-4-5-15-32(28)38-33(27)29/h1-21H. The Balaban J connectivity index is 1.34. The van der Waals surface area contributed by atoms with Crippen LogP contribution in [0, 0.1) is 0 Å². The first kappa shape index (κ1) is 23.0. The molecule has 0 saturated carbocycles. The van der Waals surface area contributed by atoms with E-state index in [9.17, 15) is 0 Å². The molecule has 7 aromatic rings. The molecule has 0 fully saturated rings. The Morgan fingerprint density at radius 2 is 1.13 bits per heavy atom. The second-order valence-electron chi connectivity index (χ2n) is 9.20. The van der Waals surface area contributed by atoms with E-state index in [-0.39, 0.29) is 0 Å². The van der Waals surface area contributed by atoms with Crippen LogP contribution in [0.4, 0.5) is 0 Å². The number of fused-ring (bicyclic) bond motifs is 3. The summed E-state index contributed by atoms with van der Waals surface area (Å²) in [6.45, 7) is 0. The van der Waals surface area contributed by atoms with Gasteiger partial charge >= 0.3 is 0 Å². The Kier molecular flexibility index (Phi) is 5.84. The lowest BCUT2D eigenvalue weighted by molar-refractivity contribution is 1.18. The van der Waals surface area contributed by atoms with E-state index in [2.05, 4.69) is 107 Å². The molecule has 0 N–H and O–H groups in total. The van der Waals surface area contributed by atoms with Gasteiger partial charge in [0.2, 0.25) is 0 Å². The average molecular weight is 570 g/mol. The summed E-state index contributed by atoms with van der Waals surface area (Å²) in [5.41, 5.74) is 7.39. The number of benzene rings is 5. The summed E-state index contributed by atoms with van der Waals surface area (Å²) in [5.74, 6) is 0.710. The second-order valence-corrected chi connectivity index (χ2v) is 11.2. The predicted octanol–water partition coefficient (Wildman–Crippen LogP) is 10.3. The molecule has 0 radical (unpaired) electrons. The molecule has 7 rings (SSSR count). The van der Waals surface area contributed by atoms with Crippen LogP contribution in [-0.4, -0.2) is 9.97 Å². The van der Waals surface area contributed by atoms with Crippen molar-refractivity contribution in [3.63, 3.8) is 0 Å². The molecule has 38 heavy (non-hydrogen) atoms. The van der Waals surface area contributed by atoms with E-state index < -0.39 is 0 Å². The third kappa shape index (κ3) is 4.22. The van der Waals surface area contributed by atoms with Gasteiger partial charge in [-0.15, -0.1) is 11.3 Å². The van der Waals surface area contributed by atoms with Crippen molar-refractivity contribution >= 4 is 47.4 Å². The van der Waals surface area contributed by atoms with Gasteiger partial charge in [0.15, 0.2) is 5.82 Å². The minimum atomic E-state index is 0.710. The van der Waals surface area contributed by atoms with E-state index in [1.54, 1.807) is 0 Å². The molecule has 0 bridgehead atoms. The number of hydrogen-bond acceptors (Lipinski definition) is 3.